The maximum absolute atomic E-state index is 13.9. The molecule has 6 heteroatoms. The Morgan fingerprint density at radius 2 is 1.21 bits per heavy atom. The Kier molecular flexibility index (Phi) is 4.29. The summed E-state index contributed by atoms with van der Waals surface area (Å²) in [4.78, 5) is 0. The molecule has 0 atom stereocenters. The van der Waals surface area contributed by atoms with Crippen molar-refractivity contribution in [3.63, 3.8) is 0 Å². The standard InChI is InChI=1S/C18H11F3O3/c19-11-3-1-5-13(7-11)23-17-10-18(16(22)9-15(17)21)24-14-6-2-4-12(20)8-14/h1-10,22H. The molecule has 1 N–H and O–H groups in total. The number of rotatable bonds is 4. The molecule has 122 valence electrons. The minimum absolute atomic E-state index is 0.0799. The summed E-state index contributed by atoms with van der Waals surface area (Å²) < 4.78 is 50.9. The first-order chi connectivity index (χ1) is 11.5. The van der Waals surface area contributed by atoms with Gasteiger partial charge in [-0.1, -0.05) is 12.1 Å². The van der Waals surface area contributed by atoms with Crippen molar-refractivity contribution in [3.8, 4) is 28.7 Å². The van der Waals surface area contributed by atoms with Gasteiger partial charge in [-0.05, 0) is 24.3 Å². The molecule has 0 amide bonds. The van der Waals surface area contributed by atoms with Gasteiger partial charge in [-0.2, -0.15) is 0 Å². The van der Waals surface area contributed by atoms with Crippen molar-refractivity contribution in [2.24, 2.45) is 0 Å². The molecule has 0 unspecified atom stereocenters. The third-order valence-corrected chi connectivity index (χ3v) is 3.06. The summed E-state index contributed by atoms with van der Waals surface area (Å²) in [6, 6.07) is 12.3. The highest BCUT2D eigenvalue weighted by atomic mass is 19.1. The number of phenols is 1. The van der Waals surface area contributed by atoms with Crippen LogP contribution in [-0.4, -0.2) is 5.11 Å². The first-order valence-electron chi connectivity index (χ1n) is 6.90. The molecule has 3 aromatic rings. The maximum Gasteiger partial charge on any atom is 0.172 e. The van der Waals surface area contributed by atoms with E-state index in [1.165, 1.54) is 36.4 Å². The lowest BCUT2D eigenvalue weighted by molar-refractivity contribution is 0.390. The van der Waals surface area contributed by atoms with Gasteiger partial charge in [-0.15, -0.1) is 0 Å². The molecule has 0 saturated carbocycles. The summed E-state index contributed by atoms with van der Waals surface area (Å²) in [5, 5.41) is 9.78. The summed E-state index contributed by atoms with van der Waals surface area (Å²) in [7, 11) is 0. The van der Waals surface area contributed by atoms with Crippen LogP contribution < -0.4 is 9.47 Å². The van der Waals surface area contributed by atoms with Crippen LogP contribution in [0.25, 0.3) is 0 Å². The van der Waals surface area contributed by atoms with Crippen molar-refractivity contribution in [2.45, 2.75) is 0 Å². The average Bonchev–Trinajstić information content (AvgIpc) is 2.52. The molecule has 3 rings (SSSR count). The van der Waals surface area contributed by atoms with Crippen LogP contribution in [0.15, 0.2) is 60.7 Å². The van der Waals surface area contributed by atoms with E-state index < -0.39 is 23.2 Å². The molecule has 0 spiro atoms. The molecular weight excluding hydrogens is 321 g/mol. The number of hydrogen-bond donors (Lipinski definition) is 1. The summed E-state index contributed by atoms with van der Waals surface area (Å²) in [5.74, 6) is -2.61. The van der Waals surface area contributed by atoms with Gasteiger partial charge in [0.25, 0.3) is 0 Å². The van der Waals surface area contributed by atoms with Gasteiger partial charge in [0.15, 0.2) is 23.1 Å². The van der Waals surface area contributed by atoms with Crippen LogP contribution in [0.5, 0.6) is 28.7 Å². The lowest BCUT2D eigenvalue weighted by Crippen LogP contribution is -1.92. The monoisotopic (exact) mass is 332 g/mol. The highest BCUT2D eigenvalue weighted by Crippen LogP contribution is 2.37. The Hall–Kier alpha value is -3.15. The fraction of sp³-hybridized carbons (Fsp3) is 0. The molecule has 0 aromatic heterocycles. The van der Waals surface area contributed by atoms with Crippen molar-refractivity contribution in [1.29, 1.82) is 0 Å². The van der Waals surface area contributed by atoms with Crippen molar-refractivity contribution in [3.05, 3.63) is 78.1 Å². The molecule has 0 heterocycles. The Morgan fingerprint density at radius 1 is 0.667 bits per heavy atom. The zero-order chi connectivity index (χ0) is 17.1. The number of aromatic hydroxyl groups is 1. The van der Waals surface area contributed by atoms with Crippen LogP contribution in [-0.2, 0) is 0 Å². The fourth-order valence-corrected chi connectivity index (χ4v) is 2.00. The Balaban J connectivity index is 1.91. The molecular formula is C18H11F3O3. The number of ether oxygens (including phenoxy) is 2. The molecule has 0 bridgehead atoms. The summed E-state index contributed by atoms with van der Waals surface area (Å²) in [6.07, 6.45) is 0. The van der Waals surface area contributed by atoms with E-state index in [-0.39, 0.29) is 23.0 Å². The highest BCUT2D eigenvalue weighted by molar-refractivity contribution is 5.48. The normalized spacial score (nSPS) is 10.5. The second kappa shape index (κ2) is 6.54. The van der Waals surface area contributed by atoms with Crippen LogP contribution in [0.4, 0.5) is 13.2 Å². The van der Waals surface area contributed by atoms with Crippen molar-refractivity contribution in [1.82, 2.24) is 0 Å². The van der Waals surface area contributed by atoms with E-state index in [0.29, 0.717) is 0 Å². The van der Waals surface area contributed by atoms with Crippen LogP contribution in [0.1, 0.15) is 0 Å². The largest absolute Gasteiger partial charge is 0.504 e. The first-order valence-corrected chi connectivity index (χ1v) is 6.90. The molecule has 0 radical (unpaired) electrons. The van der Waals surface area contributed by atoms with E-state index in [0.717, 1.165) is 24.3 Å². The van der Waals surface area contributed by atoms with Gasteiger partial charge < -0.3 is 14.6 Å². The predicted molar refractivity (Wildman–Crippen MR) is 81.0 cm³/mol. The lowest BCUT2D eigenvalue weighted by Gasteiger charge is -2.12. The quantitative estimate of drug-likeness (QED) is 0.696. The summed E-state index contributed by atoms with van der Waals surface area (Å²) in [6.45, 7) is 0. The average molecular weight is 332 g/mol. The number of phenolic OH excluding ortho intramolecular Hbond substituents is 1. The third kappa shape index (κ3) is 3.60. The number of benzene rings is 3. The van der Waals surface area contributed by atoms with Gasteiger partial charge >= 0.3 is 0 Å². The van der Waals surface area contributed by atoms with Crippen LogP contribution in [0.3, 0.4) is 0 Å². The van der Waals surface area contributed by atoms with E-state index in [1.807, 2.05) is 0 Å². The van der Waals surface area contributed by atoms with Gasteiger partial charge in [-0.25, -0.2) is 13.2 Å². The van der Waals surface area contributed by atoms with E-state index in [1.54, 1.807) is 0 Å². The summed E-state index contributed by atoms with van der Waals surface area (Å²) >= 11 is 0. The number of halogens is 3. The molecule has 0 aliphatic carbocycles. The Bertz CT molecular complexity index is 812. The van der Waals surface area contributed by atoms with Crippen molar-refractivity contribution >= 4 is 0 Å². The maximum atomic E-state index is 13.9. The summed E-state index contributed by atoms with van der Waals surface area (Å²) in [5.41, 5.74) is 0. The van der Waals surface area contributed by atoms with Gasteiger partial charge in [0.2, 0.25) is 0 Å². The third-order valence-electron chi connectivity index (χ3n) is 3.06. The molecule has 0 aliphatic heterocycles. The lowest BCUT2D eigenvalue weighted by atomic mass is 10.2. The van der Waals surface area contributed by atoms with Crippen molar-refractivity contribution < 1.29 is 27.8 Å². The smallest absolute Gasteiger partial charge is 0.172 e. The molecule has 0 fully saturated rings. The van der Waals surface area contributed by atoms with E-state index in [9.17, 15) is 18.3 Å². The molecule has 24 heavy (non-hydrogen) atoms. The van der Waals surface area contributed by atoms with Gasteiger partial charge in [-0.3, -0.25) is 0 Å². The van der Waals surface area contributed by atoms with Gasteiger partial charge in [0.05, 0.1) is 0 Å². The molecule has 0 aliphatic rings. The first kappa shape index (κ1) is 15.7. The second-order valence-electron chi connectivity index (χ2n) is 4.87. The topological polar surface area (TPSA) is 38.7 Å². The molecule has 3 aromatic carbocycles. The SMILES string of the molecule is Oc1cc(F)c(Oc2cccc(F)c2)cc1Oc1cccc(F)c1. The minimum atomic E-state index is -0.858. The van der Waals surface area contributed by atoms with E-state index >= 15 is 0 Å². The van der Waals surface area contributed by atoms with Crippen LogP contribution in [0, 0.1) is 17.5 Å². The zero-order valence-electron chi connectivity index (χ0n) is 12.2. The van der Waals surface area contributed by atoms with E-state index in [2.05, 4.69) is 0 Å². The minimum Gasteiger partial charge on any atom is -0.504 e. The van der Waals surface area contributed by atoms with Gasteiger partial charge in [0.1, 0.15) is 23.1 Å². The van der Waals surface area contributed by atoms with E-state index in [4.69, 9.17) is 9.47 Å². The second-order valence-corrected chi connectivity index (χ2v) is 4.87. The van der Waals surface area contributed by atoms with Gasteiger partial charge in [0, 0.05) is 24.3 Å². The highest BCUT2D eigenvalue weighted by Gasteiger charge is 2.14. The fourth-order valence-electron chi connectivity index (χ4n) is 2.00. The molecule has 3 nitrogen and oxygen atoms in total. The zero-order valence-corrected chi connectivity index (χ0v) is 12.2. The van der Waals surface area contributed by atoms with Crippen LogP contribution in [0.2, 0.25) is 0 Å². The predicted octanol–water partition coefficient (Wildman–Crippen LogP) is 5.39. The van der Waals surface area contributed by atoms with Crippen molar-refractivity contribution in [2.75, 3.05) is 0 Å². The number of hydrogen-bond acceptors (Lipinski definition) is 3. The molecule has 0 saturated heterocycles. The van der Waals surface area contributed by atoms with Crippen LogP contribution >= 0.6 is 0 Å². The Morgan fingerprint density at radius 3 is 1.75 bits per heavy atom. The Labute approximate surface area is 135 Å².